The maximum absolute atomic E-state index is 12.2. The Balaban J connectivity index is 1.75. The summed E-state index contributed by atoms with van der Waals surface area (Å²) in [5.41, 5.74) is 1.00. The second-order valence-corrected chi connectivity index (χ2v) is 6.94. The van der Waals surface area contributed by atoms with Gasteiger partial charge in [0.2, 0.25) is 5.91 Å². The van der Waals surface area contributed by atoms with Gasteiger partial charge in [0.05, 0.1) is 17.4 Å². The third-order valence-corrected chi connectivity index (χ3v) is 4.62. The van der Waals surface area contributed by atoms with Gasteiger partial charge in [0.25, 0.3) is 0 Å². The van der Waals surface area contributed by atoms with E-state index in [1.807, 2.05) is 49.4 Å². The van der Waals surface area contributed by atoms with E-state index in [4.69, 9.17) is 11.6 Å². The molecule has 0 radical (unpaired) electrons. The van der Waals surface area contributed by atoms with E-state index in [1.165, 1.54) is 11.3 Å². The van der Waals surface area contributed by atoms with Crippen LogP contribution in [0.1, 0.15) is 17.4 Å². The summed E-state index contributed by atoms with van der Waals surface area (Å²) in [6, 6.07) is 13.0. The van der Waals surface area contributed by atoms with Crippen LogP contribution >= 0.6 is 22.9 Å². The SMILES string of the molecule is CCN(Cc1ccc(Cl)s1)C(=O)CNC(=O)NCc1ccccc1. The molecule has 0 saturated heterocycles. The molecule has 0 spiro atoms. The molecule has 3 amide bonds. The fourth-order valence-electron chi connectivity index (χ4n) is 2.11. The standard InChI is InChI=1S/C17H20ClN3O2S/c1-2-21(12-14-8-9-15(18)24-14)16(22)11-20-17(23)19-10-13-6-4-3-5-7-13/h3-9H,2,10-12H2,1H3,(H2,19,20,23). The number of rotatable bonds is 7. The number of benzene rings is 1. The molecule has 2 rings (SSSR count). The summed E-state index contributed by atoms with van der Waals surface area (Å²) >= 11 is 7.36. The maximum Gasteiger partial charge on any atom is 0.315 e. The van der Waals surface area contributed by atoms with Gasteiger partial charge in [-0.3, -0.25) is 4.79 Å². The van der Waals surface area contributed by atoms with Crippen LogP contribution < -0.4 is 10.6 Å². The van der Waals surface area contributed by atoms with Gasteiger partial charge in [0.1, 0.15) is 0 Å². The average molecular weight is 366 g/mol. The molecule has 0 atom stereocenters. The van der Waals surface area contributed by atoms with Crippen LogP contribution in [-0.4, -0.2) is 29.9 Å². The minimum Gasteiger partial charge on any atom is -0.336 e. The molecule has 0 aliphatic heterocycles. The van der Waals surface area contributed by atoms with Gasteiger partial charge in [0.15, 0.2) is 0 Å². The highest BCUT2D eigenvalue weighted by Crippen LogP contribution is 2.22. The first-order valence-corrected chi connectivity index (χ1v) is 8.85. The number of amides is 3. The van der Waals surface area contributed by atoms with Crippen molar-refractivity contribution >= 4 is 34.9 Å². The molecule has 1 heterocycles. The van der Waals surface area contributed by atoms with E-state index in [0.29, 0.717) is 24.0 Å². The molecular weight excluding hydrogens is 346 g/mol. The highest BCUT2D eigenvalue weighted by Gasteiger charge is 2.14. The minimum absolute atomic E-state index is 0.0342. The fourth-order valence-corrected chi connectivity index (χ4v) is 3.21. The lowest BCUT2D eigenvalue weighted by Gasteiger charge is -2.20. The van der Waals surface area contributed by atoms with E-state index >= 15 is 0 Å². The lowest BCUT2D eigenvalue weighted by Crippen LogP contribution is -2.43. The van der Waals surface area contributed by atoms with Gasteiger partial charge in [-0.15, -0.1) is 11.3 Å². The summed E-state index contributed by atoms with van der Waals surface area (Å²) in [4.78, 5) is 26.7. The Morgan fingerprint density at radius 3 is 2.50 bits per heavy atom. The average Bonchev–Trinajstić information content (AvgIpc) is 3.01. The molecular formula is C17H20ClN3O2S. The Hall–Kier alpha value is -2.05. The molecule has 0 bridgehead atoms. The summed E-state index contributed by atoms with van der Waals surface area (Å²) in [7, 11) is 0. The highest BCUT2D eigenvalue weighted by molar-refractivity contribution is 7.16. The molecule has 0 aliphatic rings. The molecule has 5 nitrogen and oxygen atoms in total. The first-order valence-electron chi connectivity index (χ1n) is 7.66. The summed E-state index contributed by atoms with van der Waals surface area (Å²) in [5, 5.41) is 5.32. The second-order valence-electron chi connectivity index (χ2n) is 5.14. The van der Waals surface area contributed by atoms with Crippen molar-refractivity contribution in [1.29, 1.82) is 0 Å². The summed E-state index contributed by atoms with van der Waals surface area (Å²) in [6.45, 7) is 3.36. The lowest BCUT2D eigenvalue weighted by molar-refractivity contribution is -0.130. The third kappa shape index (κ3) is 5.86. The van der Waals surface area contributed by atoms with Crippen molar-refractivity contribution in [2.75, 3.05) is 13.1 Å². The van der Waals surface area contributed by atoms with E-state index in [0.717, 1.165) is 10.4 Å². The predicted molar refractivity (Wildman–Crippen MR) is 97.1 cm³/mol. The van der Waals surface area contributed by atoms with E-state index in [-0.39, 0.29) is 18.5 Å². The number of thiophene rings is 1. The van der Waals surface area contributed by atoms with Crippen molar-refractivity contribution in [3.8, 4) is 0 Å². The molecule has 2 N–H and O–H groups in total. The second kappa shape index (κ2) is 9.30. The molecule has 128 valence electrons. The van der Waals surface area contributed by atoms with Crippen LogP contribution in [0.4, 0.5) is 4.79 Å². The summed E-state index contributed by atoms with van der Waals surface area (Å²) in [6.07, 6.45) is 0. The van der Waals surface area contributed by atoms with Gasteiger partial charge >= 0.3 is 6.03 Å². The van der Waals surface area contributed by atoms with E-state index in [2.05, 4.69) is 10.6 Å². The summed E-state index contributed by atoms with van der Waals surface area (Å²) < 4.78 is 0.701. The zero-order chi connectivity index (χ0) is 17.4. The van der Waals surface area contributed by atoms with Crippen LogP contribution in [0, 0.1) is 0 Å². The van der Waals surface area contributed by atoms with Crippen LogP contribution in [0.25, 0.3) is 0 Å². The van der Waals surface area contributed by atoms with Crippen LogP contribution in [0.5, 0.6) is 0 Å². The molecule has 1 aromatic heterocycles. The lowest BCUT2D eigenvalue weighted by atomic mass is 10.2. The number of hydrogen-bond donors (Lipinski definition) is 2. The number of nitrogens with one attached hydrogen (secondary N) is 2. The quantitative estimate of drug-likeness (QED) is 0.791. The third-order valence-electron chi connectivity index (χ3n) is 3.41. The first kappa shape index (κ1) is 18.3. The number of nitrogens with zero attached hydrogens (tertiary/aromatic N) is 1. The van der Waals surface area contributed by atoms with Crippen molar-refractivity contribution in [3.63, 3.8) is 0 Å². The molecule has 24 heavy (non-hydrogen) atoms. The topological polar surface area (TPSA) is 61.4 Å². The van der Waals surface area contributed by atoms with Gasteiger partial charge in [-0.2, -0.15) is 0 Å². The largest absolute Gasteiger partial charge is 0.336 e. The smallest absolute Gasteiger partial charge is 0.315 e. The van der Waals surface area contributed by atoms with Crippen molar-refractivity contribution in [1.82, 2.24) is 15.5 Å². The maximum atomic E-state index is 12.2. The monoisotopic (exact) mass is 365 g/mol. The number of carbonyl (C=O) groups is 2. The predicted octanol–water partition coefficient (Wildman–Crippen LogP) is 3.25. The Morgan fingerprint density at radius 2 is 1.88 bits per heavy atom. The van der Waals surface area contributed by atoms with Crippen LogP contribution in [0.15, 0.2) is 42.5 Å². The number of likely N-dealkylation sites (N-methyl/N-ethyl adjacent to an activating group) is 1. The van der Waals surface area contributed by atoms with Crippen molar-refractivity contribution in [2.24, 2.45) is 0 Å². The fraction of sp³-hybridized carbons (Fsp3) is 0.294. The van der Waals surface area contributed by atoms with E-state index < -0.39 is 0 Å². The molecule has 0 fully saturated rings. The zero-order valence-corrected chi connectivity index (χ0v) is 15.0. The van der Waals surface area contributed by atoms with Crippen molar-refractivity contribution < 1.29 is 9.59 Å². The van der Waals surface area contributed by atoms with E-state index in [1.54, 1.807) is 4.90 Å². The normalized spacial score (nSPS) is 10.2. The van der Waals surface area contributed by atoms with Gasteiger partial charge < -0.3 is 15.5 Å². The van der Waals surface area contributed by atoms with Crippen LogP contribution in [0.3, 0.4) is 0 Å². The first-order chi connectivity index (χ1) is 11.6. The molecule has 1 aromatic carbocycles. The van der Waals surface area contributed by atoms with Crippen molar-refractivity contribution in [2.45, 2.75) is 20.0 Å². The Bertz CT molecular complexity index is 675. The van der Waals surface area contributed by atoms with Gasteiger partial charge in [0, 0.05) is 18.0 Å². The molecule has 7 heteroatoms. The van der Waals surface area contributed by atoms with Gasteiger partial charge in [-0.25, -0.2) is 4.79 Å². The Kier molecular flexibility index (Phi) is 7.08. The Labute approximate surface area is 150 Å². The number of carbonyl (C=O) groups excluding carboxylic acids is 2. The minimum atomic E-state index is -0.359. The zero-order valence-electron chi connectivity index (χ0n) is 13.4. The Morgan fingerprint density at radius 1 is 1.12 bits per heavy atom. The van der Waals surface area contributed by atoms with Gasteiger partial charge in [-0.05, 0) is 24.6 Å². The van der Waals surface area contributed by atoms with Crippen LogP contribution in [-0.2, 0) is 17.9 Å². The molecule has 0 saturated carbocycles. The molecule has 0 unspecified atom stereocenters. The van der Waals surface area contributed by atoms with Crippen molar-refractivity contribution in [3.05, 3.63) is 57.2 Å². The van der Waals surface area contributed by atoms with Gasteiger partial charge in [-0.1, -0.05) is 41.9 Å². The molecule has 0 aliphatic carbocycles. The van der Waals surface area contributed by atoms with E-state index in [9.17, 15) is 9.59 Å². The number of urea groups is 1. The van der Waals surface area contributed by atoms with Crippen LogP contribution in [0.2, 0.25) is 4.34 Å². The summed E-state index contributed by atoms with van der Waals surface area (Å²) in [5.74, 6) is -0.128. The number of halogens is 1. The highest BCUT2D eigenvalue weighted by atomic mass is 35.5. The number of hydrogen-bond acceptors (Lipinski definition) is 3. The molecule has 2 aromatic rings.